The summed E-state index contributed by atoms with van der Waals surface area (Å²) >= 11 is 0. The molecule has 0 aliphatic carbocycles. The number of halogens is 4. The van der Waals surface area contributed by atoms with E-state index >= 15 is 4.79 Å². The average molecular weight is 785 g/mol. The number of hydrogen-bond acceptors (Lipinski definition) is 6. The zero-order valence-electron chi connectivity index (χ0n) is 31.7. The summed E-state index contributed by atoms with van der Waals surface area (Å²) in [5.41, 5.74) is 4.58. The molecular weight excluding hydrogens is 744 g/mol. The van der Waals surface area contributed by atoms with Crippen molar-refractivity contribution >= 4 is 45.4 Å². The largest absolute Gasteiger partial charge is 0.508 e. The van der Waals surface area contributed by atoms with Gasteiger partial charge < -0.3 is 21.3 Å². The van der Waals surface area contributed by atoms with E-state index in [1.54, 1.807) is 13.8 Å². The van der Waals surface area contributed by atoms with Gasteiger partial charge in [0.25, 0.3) is 11.8 Å². The fraction of sp³-hybridized carbons (Fsp3) is 0.256. The van der Waals surface area contributed by atoms with Gasteiger partial charge in [-0.15, -0.1) is 0 Å². The molecule has 0 bridgehead atoms. The average Bonchev–Trinajstić information content (AvgIpc) is 3.59. The van der Waals surface area contributed by atoms with Crippen LogP contribution in [-0.4, -0.2) is 49.0 Å². The molecule has 6 aromatic rings. The van der Waals surface area contributed by atoms with E-state index in [9.17, 15) is 42.2 Å². The fourth-order valence-electron chi connectivity index (χ4n) is 8.03. The molecule has 10 nitrogen and oxygen atoms in total. The molecule has 0 radical (unpaired) electrons. The molecule has 14 heteroatoms. The quantitative estimate of drug-likeness (QED) is 0.0984. The van der Waals surface area contributed by atoms with Crippen molar-refractivity contribution in [2.75, 3.05) is 0 Å². The number of phenolic OH excluding ortho intramolecular Hbond substituents is 2. The number of hydrogen-bond donors (Lipinski definition) is 4. The lowest BCUT2D eigenvalue weighted by atomic mass is 9.62. The van der Waals surface area contributed by atoms with Gasteiger partial charge in [-0.2, -0.15) is 0 Å². The van der Waals surface area contributed by atoms with Crippen LogP contribution in [0.5, 0.6) is 11.5 Å². The summed E-state index contributed by atoms with van der Waals surface area (Å²) in [6.07, 6.45) is 0.652. The Kier molecular flexibility index (Phi) is 10.8. The van der Waals surface area contributed by atoms with Crippen LogP contribution in [0.2, 0.25) is 0 Å². The second kappa shape index (κ2) is 15.2. The Morgan fingerprint density at radius 3 is 1.68 bits per heavy atom. The summed E-state index contributed by atoms with van der Waals surface area (Å²) in [5, 5.41) is 24.9. The number of nitrogens with one attached hydrogen (secondary N) is 1. The maximum atomic E-state index is 15.0. The summed E-state index contributed by atoms with van der Waals surface area (Å²) in [5.74, 6) is -10.4. The normalized spacial score (nSPS) is 13.2. The zero-order valence-corrected chi connectivity index (χ0v) is 31.7. The van der Waals surface area contributed by atoms with Crippen molar-refractivity contribution in [2.24, 2.45) is 5.73 Å². The number of carbonyl (C=O) groups excluding carboxylic acids is 4. The second-order valence-electron chi connectivity index (χ2n) is 14.4. The molecule has 2 heterocycles. The van der Waals surface area contributed by atoms with Crippen LogP contribution < -0.4 is 11.1 Å². The Bertz CT molecular complexity index is 2630. The molecule has 2 atom stereocenters. The molecule has 2 aromatic heterocycles. The van der Waals surface area contributed by atoms with Gasteiger partial charge in [-0.25, -0.2) is 17.6 Å². The highest BCUT2D eigenvalue weighted by Gasteiger charge is 2.54. The number of phenols is 2. The summed E-state index contributed by atoms with van der Waals surface area (Å²) in [6, 6.07) is 12.8. The fourth-order valence-corrected chi connectivity index (χ4v) is 8.03. The van der Waals surface area contributed by atoms with Gasteiger partial charge in [0, 0.05) is 39.3 Å². The summed E-state index contributed by atoms with van der Waals surface area (Å²) in [4.78, 5) is 58.3. The van der Waals surface area contributed by atoms with E-state index in [1.807, 2.05) is 6.92 Å². The van der Waals surface area contributed by atoms with Gasteiger partial charge in [-0.3, -0.25) is 28.3 Å². The molecule has 2 amide bonds. The number of aromatic hydroxyl groups is 2. The van der Waals surface area contributed by atoms with Crippen molar-refractivity contribution in [1.29, 1.82) is 0 Å². The number of amides is 2. The minimum Gasteiger partial charge on any atom is -0.508 e. The summed E-state index contributed by atoms with van der Waals surface area (Å²) in [7, 11) is 0. The lowest BCUT2D eigenvalue weighted by molar-refractivity contribution is -0.132. The lowest BCUT2D eigenvalue weighted by Gasteiger charge is -2.39. The Balaban J connectivity index is 1.77. The Morgan fingerprint density at radius 1 is 0.719 bits per heavy atom. The van der Waals surface area contributed by atoms with Crippen LogP contribution in [0.25, 0.3) is 21.8 Å². The number of unbranched alkanes of at least 4 members (excludes halogenated alkanes) is 1. The molecule has 296 valence electrons. The third-order valence-electron chi connectivity index (χ3n) is 10.4. The van der Waals surface area contributed by atoms with Crippen LogP contribution in [0.4, 0.5) is 17.6 Å². The number of nitrogens with zero attached hydrogens (tertiary/aromatic N) is 2. The predicted octanol–water partition coefficient (Wildman–Crippen LogP) is 7.78. The van der Waals surface area contributed by atoms with Crippen LogP contribution in [0.1, 0.15) is 89.2 Å². The summed E-state index contributed by atoms with van der Waals surface area (Å²) in [6.45, 7) is 8.23. The van der Waals surface area contributed by atoms with Gasteiger partial charge >= 0.3 is 0 Å². The topological polar surface area (TPSA) is 157 Å². The first-order valence-electron chi connectivity index (χ1n) is 18.2. The van der Waals surface area contributed by atoms with Crippen LogP contribution in [0.15, 0.2) is 72.8 Å². The number of fused-ring (bicyclic) bond motifs is 2. The van der Waals surface area contributed by atoms with Gasteiger partial charge in [-0.05, 0) is 118 Å². The molecule has 0 saturated carbocycles. The molecule has 4 aromatic carbocycles. The van der Waals surface area contributed by atoms with Crippen molar-refractivity contribution in [3.05, 3.63) is 130 Å². The van der Waals surface area contributed by atoms with Gasteiger partial charge in [0.1, 0.15) is 11.5 Å². The molecule has 0 aliphatic heterocycles. The first-order valence-corrected chi connectivity index (χ1v) is 18.2. The Labute approximate surface area is 324 Å². The van der Waals surface area contributed by atoms with Crippen molar-refractivity contribution < 1.29 is 47.0 Å². The van der Waals surface area contributed by atoms with Gasteiger partial charge in [0.05, 0.1) is 22.4 Å². The van der Waals surface area contributed by atoms with E-state index in [0.29, 0.717) is 6.42 Å². The van der Waals surface area contributed by atoms with E-state index < -0.39 is 64.3 Å². The van der Waals surface area contributed by atoms with E-state index in [1.165, 1.54) is 59.4 Å². The lowest BCUT2D eigenvalue weighted by Crippen LogP contribution is -2.52. The smallest absolute Gasteiger partial charge is 0.262 e. The first kappa shape index (κ1) is 40.2. The molecule has 0 spiro atoms. The Morgan fingerprint density at radius 2 is 1.21 bits per heavy atom. The monoisotopic (exact) mass is 784 g/mol. The third kappa shape index (κ3) is 6.78. The van der Waals surface area contributed by atoms with Crippen molar-refractivity contribution in [3.8, 4) is 11.5 Å². The molecular formula is C43H40F4N4O6. The second-order valence-corrected chi connectivity index (χ2v) is 14.4. The van der Waals surface area contributed by atoms with Crippen molar-refractivity contribution in [1.82, 2.24) is 14.5 Å². The maximum Gasteiger partial charge on any atom is 0.262 e. The van der Waals surface area contributed by atoms with Gasteiger partial charge in [0.2, 0.25) is 11.8 Å². The van der Waals surface area contributed by atoms with Gasteiger partial charge in [0.15, 0.2) is 23.3 Å². The van der Waals surface area contributed by atoms with Crippen molar-refractivity contribution in [2.45, 2.75) is 71.3 Å². The highest BCUT2D eigenvalue weighted by Crippen LogP contribution is 2.51. The molecule has 0 saturated heterocycles. The number of nitrogens with two attached hydrogens (primary N) is 1. The molecule has 57 heavy (non-hydrogen) atoms. The minimum atomic E-state index is -2.09. The molecule has 0 aliphatic rings. The summed E-state index contributed by atoms with van der Waals surface area (Å²) < 4.78 is 59.3. The predicted molar refractivity (Wildman–Crippen MR) is 205 cm³/mol. The van der Waals surface area contributed by atoms with Crippen LogP contribution >= 0.6 is 0 Å². The van der Waals surface area contributed by atoms with E-state index in [-0.39, 0.29) is 79.8 Å². The van der Waals surface area contributed by atoms with Crippen LogP contribution in [-0.2, 0) is 15.0 Å². The molecule has 0 fully saturated rings. The minimum absolute atomic E-state index is 0.0709. The van der Waals surface area contributed by atoms with Crippen LogP contribution in [0, 0.1) is 37.1 Å². The molecule has 5 N–H and O–H groups in total. The van der Waals surface area contributed by atoms with E-state index in [4.69, 9.17) is 5.73 Å². The molecule has 6 rings (SSSR count). The number of rotatable bonds is 11. The van der Waals surface area contributed by atoms with Gasteiger partial charge in [-0.1, -0.05) is 19.8 Å². The van der Waals surface area contributed by atoms with E-state index in [0.717, 1.165) is 36.4 Å². The zero-order chi connectivity index (χ0) is 41.7. The van der Waals surface area contributed by atoms with Crippen molar-refractivity contribution in [3.63, 3.8) is 0 Å². The Hall–Kier alpha value is -6.44. The SMILES string of the molecule is CCCCC(C(N)=O)(c1c(C)n(C(=O)c2ccc(F)c(F)c2)c2ccc(O)cc12)C(C(=O)NC(C)C)c1c(C)n(C(=O)c2ccc(F)c(F)c2)c2ccc(O)cc12. The highest BCUT2D eigenvalue weighted by atomic mass is 19.2. The highest BCUT2D eigenvalue weighted by molar-refractivity contribution is 6.10. The third-order valence-corrected chi connectivity index (χ3v) is 10.4. The van der Waals surface area contributed by atoms with Crippen LogP contribution in [0.3, 0.4) is 0 Å². The number of aromatic nitrogens is 2. The maximum absolute atomic E-state index is 15.0. The number of benzene rings is 4. The number of primary amides is 1. The number of carbonyl (C=O) groups is 4. The first-order chi connectivity index (χ1) is 26.9. The molecule has 2 unspecified atom stereocenters. The van der Waals surface area contributed by atoms with E-state index in [2.05, 4.69) is 5.32 Å². The standard InChI is InChI=1S/C43H40F4N4O6/c1-6-7-16-43(42(48)57,37-23(5)51(35-15-11-27(53)20-29(35)37)41(56)25-9-13-31(45)33(47)18-25)38(39(54)49-21(2)3)36-22(4)50(34-14-10-26(52)19-28(34)36)40(55)24-8-12-30(44)32(46)17-24/h8-15,17-21,38,52-53H,6-7,16H2,1-5H3,(H2,48,57)(H,49,54).